The zero-order valence-corrected chi connectivity index (χ0v) is 34.9. The van der Waals surface area contributed by atoms with Gasteiger partial charge in [0.1, 0.15) is 48.0 Å². The molecular formula is C40H57N9O13. The van der Waals surface area contributed by atoms with Gasteiger partial charge in [-0.2, -0.15) is 0 Å². The number of carbonyl (C=O) groups is 9. The van der Waals surface area contributed by atoms with Gasteiger partial charge in [-0.15, -0.1) is 0 Å². The molecule has 0 spiro atoms. The number of carbonyl (C=O) groups excluding carboxylic acids is 8. The van der Waals surface area contributed by atoms with E-state index in [9.17, 15) is 63.6 Å². The molecule has 2 aromatic carbocycles. The highest BCUT2D eigenvalue weighted by Crippen LogP contribution is 2.13. The number of primary amides is 1. The Hall–Kier alpha value is -6.65. The number of hydrogen-bond donors (Lipinski definition) is 13. The van der Waals surface area contributed by atoms with Gasteiger partial charge >= 0.3 is 5.97 Å². The molecular weight excluding hydrogens is 814 g/mol. The number of amides is 8. The van der Waals surface area contributed by atoms with E-state index >= 15 is 0 Å². The van der Waals surface area contributed by atoms with Gasteiger partial charge in [0.25, 0.3) is 0 Å². The number of carboxylic acids is 1. The van der Waals surface area contributed by atoms with Gasteiger partial charge in [0.05, 0.1) is 25.2 Å². The molecule has 0 saturated heterocycles. The smallest absolute Gasteiger partial charge is 0.325 e. The molecule has 0 saturated carbocycles. The lowest BCUT2D eigenvalue weighted by molar-refractivity contribution is -0.142. The van der Waals surface area contributed by atoms with Crippen molar-refractivity contribution in [3.05, 3.63) is 65.7 Å². The van der Waals surface area contributed by atoms with Crippen molar-refractivity contribution >= 4 is 53.2 Å². The van der Waals surface area contributed by atoms with E-state index < -0.39 is 121 Å². The quantitative estimate of drug-likeness (QED) is 0.0478. The van der Waals surface area contributed by atoms with E-state index in [4.69, 9.17) is 11.5 Å². The first kappa shape index (κ1) is 51.5. The van der Waals surface area contributed by atoms with E-state index in [1.807, 2.05) is 0 Å². The normalized spacial score (nSPS) is 15.4. The number of carboxylic acid groups (broad SMARTS) is 1. The van der Waals surface area contributed by atoms with Crippen LogP contribution in [-0.2, 0) is 56.0 Å². The number of nitrogens with two attached hydrogens (primary N) is 2. The summed E-state index contributed by atoms with van der Waals surface area (Å²) in [6.45, 7) is 6.05. The minimum Gasteiger partial charge on any atom is -0.508 e. The van der Waals surface area contributed by atoms with Gasteiger partial charge in [-0.3, -0.25) is 43.2 Å². The van der Waals surface area contributed by atoms with Crippen LogP contribution in [0.15, 0.2) is 54.6 Å². The van der Waals surface area contributed by atoms with E-state index in [0.29, 0.717) is 11.1 Å². The molecule has 2 aromatic rings. The van der Waals surface area contributed by atoms with Gasteiger partial charge in [0.2, 0.25) is 47.3 Å². The molecule has 0 radical (unpaired) electrons. The number of benzene rings is 2. The van der Waals surface area contributed by atoms with Crippen molar-refractivity contribution in [3.63, 3.8) is 0 Å². The molecule has 2 rings (SSSR count). The van der Waals surface area contributed by atoms with Crippen LogP contribution in [0.2, 0.25) is 0 Å². The fourth-order valence-electron chi connectivity index (χ4n) is 5.56. The highest BCUT2D eigenvalue weighted by atomic mass is 16.4. The molecule has 0 aliphatic rings. The van der Waals surface area contributed by atoms with Crippen molar-refractivity contribution in [1.29, 1.82) is 0 Å². The Morgan fingerprint density at radius 1 is 0.565 bits per heavy atom. The van der Waals surface area contributed by atoms with Crippen molar-refractivity contribution < 1.29 is 63.6 Å². The Labute approximate surface area is 357 Å². The molecule has 0 unspecified atom stereocenters. The minimum atomic E-state index is -1.76. The summed E-state index contributed by atoms with van der Waals surface area (Å²) >= 11 is 0. The summed E-state index contributed by atoms with van der Waals surface area (Å²) in [6.07, 6.45) is -2.78. The number of hydrogen-bond acceptors (Lipinski definition) is 13. The molecule has 0 aliphatic carbocycles. The molecule has 0 fully saturated rings. The number of aliphatic hydroxyl groups excluding tert-OH is 2. The SMILES string of the molecule is CC(C)[C@H](N)C(=O)N[C@@H](CO)C(=O)N[C@@H](Cc1ccccc1)C(=O)N[C@@H](C)C(=O)N[C@@H](CC(N)=O)C(=O)N[C@@H](Cc1ccc(O)cc1)C(=O)N[C@H](C(=O)N[C@@H](C)C(=O)O)[C@@H](C)O. The molecule has 15 N–H and O–H groups in total. The molecule has 8 amide bonds. The highest BCUT2D eigenvalue weighted by Gasteiger charge is 2.35. The van der Waals surface area contributed by atoms with Gasteiger partial charge in [-0.25, -0.2) is 0 Å². The molecule has 22 heteroatoms. The fraction of sp³-hybridized carbons (Fsp3) is 0.475. The van der Waals surface area contributed by atoms with Gasteiger partial charge in [-0.05, 0) is 49.9 Å². The van der Waals surface area contributed by atoms with Crippen LogP contribution in [-0.4, -0.2) is 135 Å². The number of rotatable bonds is 24. The van der Waals surface area contributed by atoms with Gasteiger partial charge in [0, 0.05) is 12.8 Å². The number of aromatic hydroxyl groups is 1. The summed E-state index contributed by atoms with van der Waals surface area (Å²) in [5.41, 5.74) is 12.2. The summed E-state index contributed by atoms with van der Waals surface area (Å²) in [5, 5.41) is 55.5. The molecule has 0 aliphatic heterocycles. The van der Waals surface area contributed by atoms with Crippen molar-refractivity contribution in [2.45, 2.75) is 108 Å². The molecule has 22 nitrogen and oxygen atoms in total. The van der Waals surface area contributed by atoms with Crippen LogP contribution in [0.5, 0.6) is 5.75 Å². The monoisotopic (exact) mass is 871 g/mol. The summed E-state index contributed by atoms with van der Waals surface area (Å²) in [6, 6.07) is 2.04. The molecule has 9 atom stereocenters. The van der Waals surface area contributed by atoms with E-state index in [-0.39, 0.29) is 24.5 Å². The van der Waals surface area contributed by atoms with Crippen molar-refractivity contribution in [1.82, 2.24) is 37.2 Å². The average molecular weight is 872 g/mol. The molecule has 0 aromatic heterocycles. The van der Waals surface area contributed by atoms with E-state index in [1.165, 1.54) is 31.2 Å². The molecule has 340 valence electrons. The highest BCUT2D eigenvalue weighted by molar-refractivity contribution is 5.98. The topological polar surface area (TPSA) is 371 Å². The van der Waals surface area contributed by atoms with Gasteiger partial charge < -0.3 is 69.1 Å². The summed E-state index contributed by atoms with van der Waals surface area (Å²) in [5.74, 6) is -9.72. The first-order valence-electron chi connectivity index (χ1n) is 19.5. The number of phenolic OH excluding ortho intramolecular Hbond substituents is 1. The van der Waals surface area contributed by atoms with Crippen molar-refractivity contribution in [2.24, 2.45) is 17.4 Å². The third-order valence-corrected chi connectivity index (χ3v) is 9.34. The Kier molecular flexibility index (Phi) is 20.4. The second kappa shape index (κ2) is 24.6. The predicted octanol–water partition coefficient (Wildman–Crippen LogP) is -4.07. The lowest BCUT2D eigenvalue weighted by Gasteiger charge is -2.27. The lowest BCUT2D eigenvalue weighted by atomic mass is 10.0. The Morgan fingerprint density at radius 2 is 1.02 bits per heavy atom. The fourth-order valence-corrected chi connectivity index (χ4v) is 5.56. The van der Waals surface area contributed by atoms with Crippen LogP contribution >= 0.6 is 0 Å². The standard InChI is InChI=1S/C40H57N9O13/c1-19(2)31(42)38(59)48-29(18-50)37(58)47-26(15-23-9-7-6-8-10-23)34(55)43-20(3)33(54)45-28(17-30(41)53)35(56)46-27(16-24-11-13-25(52)14-12-24)36(57)49-32(22(5)51)39(60)44-21(4)40(61)62/h6-14,19-22,26-29,31-32,50-52H,15-18,42H2,1-5H3,(H2,41,53)(H,43,55)(H,44,60)(H,45,54)(H,46,56)(H,47,58)(H,48,59)(H,49,57)(H,61,62)/t20-,21-,22+,26-,27-,28-,29-,31-,32-/m0/s1. The minimum absolute atomic E-state index is 0.113. The van der Waals surface area contributed by atoms with E-state index in [1.54, 1.807) is 44.2 Å². The Morgan fingerprint density at radius 3 is 1.50 bits per heavy atom. The van der Waals surface area contributed by atoms with E-state index in [0.717, 1.165) is 13.8 Å². The summed E-state index contributed by atoms with van der Waals surface area (Å²) in [7, 11) is 0. The summed E-state index contributed by atoms with van der Waals surface area (Å²) in [4.78, 5) is 117. The second-order valence-corrected chi connectivity index (χ2v) is 15.0. The zero-order valence-electron chi connectivity index (χ0n) is 34.9. The van der Waals surface area contributed by atoms with Crippen LogP contribution in [0.25, 0.3) is 0 Å². The first-order chi connectivity index (χ1) is 29.0. The van der Waals surface area contributed by atoms with E-state index in [2.05, 4.69) is 37.2 Å². The Balaban J connectivity index is 2.33. The van der Waals surface area contributed by atoms with Gasteiger partial charge in [0.15, 0.2) is 0 Å². The number of nitrogens with one attached hydrogen (secondary N) is 7. The number of aliphatic hydroxyl groups is 2. The average Bonchev–Trinajstić information content (AvgIpc) is 3.20. The molecule has 0 bridgehead atoms. The third kappa shape index (κ3) is 16.8. The van der Waals surface area contributed by atoms with Crippen LogP contribution in [0, 0.1) is 5.92 Å². The van der Waals surface area contributed by atoms with Crippen LogP contribution in [0.4, 0.5) is 0 Å². The Bertz CT molecular complexity index is 1900. The second-order valence-electron chi connectivity index (χ2n) is 15.0. The maximum Gasteiger partial charge on any atom is 0.325 e. The van der Waals surface area contributed by atoms with Crippen LogP contribution in [0.1, 0.15) is 52.2 Å². The molecule has 0 heterocycles. The predicted molar refractivity (Wildman–Crippen MR) is 220 cm³/mol. The summed E-state index contributed by atoms with van der Waals surface area (Å²) < 4.78 is 0. The molecule has 62 heavy (non-hydrogen) atoms. The van der Waals surface area contributed by atoms with Crippen molar-refractivity contribution in [2.75, 3.05) is 6.61 Å². The third-order valence-electron chi connectivity index (χ3n) is 9.34. The number of aliphatic carboxylic acids is 1. The van der Waals surface area contributed by atoms with Crippen LogP contribution in [0.3, 0.4) is 0 Å². The zero-order chi connectivity index (χ0) is 46.8. The van der Waals surface area contributed by atoms with Crippen LogP contribution < -0.4 is 48.7 Å². The first-order valence-corrected chi connectivity index (χ1v) is 19.5. The van der Waals surface area contributed by atoms with Crippen molar-refractivity contribution in [3.8, 4) is 5.75 Å². The lowest BCUT2D eigenvalue weighted by Crippen LogP contribution is -2.61. The largest absolute Gasteiger partial charge is 0.508 e. The van der Waals surface area contributed by atoms with Gasteiger partial charge in [-0.1, -0.05) is 56.3 Å². The maximum atomic E-state index is 13.7. The number of phenols is 1. The maximum absolute atomic E-state index is 13.7.